The lowest BCUT2D eigenvalue weighted by molar-refractivity contribution is 0.225. The topological polar surface area (TPSA) is 59.9 Å². The minimum Gasteiger partial charge on any atom is -0.448 e. The molecule has 2 aromatic carbocycles. The van der Waals surface area contributed by atoms with E-state index in [9.17, 15) is 0 Å². The van der Waals surface area contributed by atoms with Gasteiger partial charge in [0.05, 0.1) is 0 Å². The average molecular weight is 443 g/mol. The maximum Gasteiger partial charge on any atom is 0.247 e. The number of fused-ring (bicyclic) bond motifs is 3. The second-order valence-electron chi connectivity index (χ2n) is 6.34. The summed E-state index contributed by atoms with van der Waals surface area (Å²) < 4.78 is 7.30. The van der Waals surface area contributed by atoms with E-state index in [1.54, 1.807) is 11.8 Å². The van der Waals surface area contributed by atoms with Crippen LogP contribution in [0, 0.1) is 6.92 Å². The van der Waals surface area contributed by atoms with E-state index in [2.05, 4.69) is 62.4 Å². The molecular weight excluding hydrogens is 424 g/mol. The van der Waals surface area contributed by atoms with E-state index in [0.29, 0.717) is 16.7 Å². The van der Waals surface area contributed by atoms with E-state index >= 15 is 0 Å². The Labute approximate surface area is 171 Å². The van der Waals surface area contributed by atoms with E-state index < -0.39 is 0 Å². The summed E-state index contributed by atoms with van der Waals surface area (Å²) in [7, 11) is 0. The van der Waals surface area contributed by atoms with Crippen LogP contribution in [-0.2, 0) is 0 Å². The van der Waals surface area contributed by atoms with Crippen molar-refractivity contribution < 1.29 is 4.74 Å². The Kier molecular flexibility index (Phi) is 5.31. The molecule has 1 aromatic heterocycles. The number of nitrogens with one attached hydrogen (secondary N) is 1. The van der Waals surface area contributed by atoms with E-state index in [-0.39, 0.29) is 6.23 Å². The Morgan fingerprint density at radius 2 is 1.96 bits per heavy atom. The van der Waals surface area contributed by atoms with Crippen LogP contribution in [-0.4, -0.2) is 20.9 Å². The zero-order valence-corrected chi connectivity index (χ0v) is 17.5. The molecule has 1 aliphatic heterocycles. The molecule has 0 saturated heterocycles. The highest BCUT2D eigenvalue weighted by Crippen LogP contribution is 2.40. The van der Waals surface area contributed by atoms with Crippen molar-refractivity contribution >= 4 is 33.4 Å². The molecule has 2 heterocycles. The van der Waals surface area contributed by atoms with Gasteiger partial charge in [-0.25, -0.2) is 0 Å². The normalized spacial score (nSPS) is 15.1. The number of hydrogen-bond donors (Lipinski definition) is 1. The quantitative estimate of drug-likeness (QED) is 0.529. The Morgan fingerprint density at radius 1 is 1.15 bits per heavy atom. The first-order chi connectivity index (χ1) is 13.1. The summed E-state index contributed by atoms with van der Waals surface area (Å²) in [6.45, 7) is 4.20. The molecule has 0 bridgehead atoms. The second kappa shape index (κ2) is 7.86. The number of anilines is 1. The minimum atomic E-state index is -0.361. The smallest absolute Gasteiger partial charge is 0.247 e. The van der Waals surface area contributed by atoms with Gasteiger partial charge in [0.15, 0.2) is 11.9 Å². The summed E-state index contributed by atoms with van der Waals surface area (Å²) in [5, 5.41) is 12.9. The van der Waals surface area contributed by atoms with Gasteiger partial charge in [0.1, 0.15) is 0 Å². The van der Waals surface area contributed by atoms with Crippen molar-refractivity contribution in [1.82, 2.24) is 15.2 Å². The van der Waals surface area contributed by atoms with Gasteiger partial charge in [0, 0.05) is 27.0 Å². The van der Waals surface area contributed by atoms with Gasteiger partial charge in [0.2, 0.25) is 11.0 Å². The third kappa shape index (κ3) is 3.94. The first-order valence-electron chi connectivity index (χ1n) is 8.81. The molecule has 27 heavy (non-hydrogen) atoms. The first-order valence-corrected chi connectivity index (χ1v) is 10.6. The second-order valence-corrected chi connectivity index (χ2v) is 8.32. The molecular formula is C20H19BrN4OS. The molecule has 0 spiro atoms. The minimum absolute atomic E-state index is 0.361. The zero-order valence-electron chi connectivity index (χ0n) is 15.1. The lowest BCUT2D eigenvalue weighted by Crippen LogP contribution is -2.17. The maximum absolute atomic E-state index is 6.27. The number of rotatable bonds is 4. The monoisotopic (exact) mass is 442 g/mol. The van der Waals surface area contributed by atoms with Crippen LogP contribution in [0.5, 0.6) is 5.88 Å². The third-order valence-corrected chi connectivity index (χ3v) is 5.76. The number of aryl methyl sites for hydroxylation is 1. The van der Waals surface area contributed by atoms with Gasteiger partial charge in [-0.1, -0.05) is 58.9 Å². The van der Waals surface area contributed by atoms with Gasteiger partial charge in [-0.3, -0.25) is 0 Å². The van der Waals surface area contributed by atoms with E-state index in [0.717, 1.165) is 39.0 Å². The predicted molar refractivity (Wildman–Crippen MR) is 112 cm³/mol. The number of halogens is 1. The largest absolute Gasteiger partial charge is 0.448 e. The molecule has 138 valence electrons. The van der Waals surface area contributed by atoms with E-state index in [1.807, 2.05) is 30.3 Å². The van der Waals surface area contributed by atoms with Crippen LogP contribution < -0.4 is 10.1 Å². The van der Waals surface area contributed by atoms with Crippen LogP contribution in [0.25, 0.3) is 11.3 Å². The highest BCUT2D eigenvalue weighted by molar-refractivity contribution is 9.10. The van der Waals surface area contributed by atoms with Gasteiger partial charge < -0.3 is 10.1 Å². The molecule has 1 atom stereocenters. The van der Waals surface area contributed by atoms with Crippen molar-refractivity contribution in [2.75, 3.05) is 11.1 Å². The van der Waals surface area contributed by atoms with Crippen molar-refractivity contribution in [1.29, 1.82) is 0 Å². The third-order valence-electron chi connectivity index (χ3n) is 4.19. The standard InChI is InChI=1S/C20H19BrN4OS/c1-3-10-27-20-23-19-17(24-25-20)15-9-4-12(2)11-16(15)22-18(26-19)13-5-7-14(21)8-6-13/h4-9,11,18,22H,3,10H2,1-2H3. The lowest BCUT2D eigenvalue weighted by atomic mass is 10.1. The number of thioether (sulfide) groups is 1. The summed E-state index contributed by atoms with van der Waals surface area (Å²) in [6.07, 6.45) is 0.692. The highest BCUT2D eigenvalue weighted by Gasteiger charge is 2.26. The summed E-state index contributed by atoms with van der Waals surface area (Å²) >= 11 is 5.08. The summed E-state index contributed by atoms with van der Waals surface area (Å²) in [6, 6.07) is 14.3. The fourth-order valence-electron chi connectivity index (χ4n) is 2.86. The van der Waals surface area contributed by atoms with Crippen LogP contribution in [0.2, 0.25) is 0 Å². The van der Waals surface area contributed by atoms with E-state index in [4.69, 9.17) is 4.74 Å². The molecule has 3 aromatic rings. The molecule has 0 saturated carbocycles. The molecule has 0 fully saturated rings. The molecule has 4 rings (SSSR count). The molecule has 0 amide bonds. The Balaban J connectivity index is 1.80. The van der Waals surface area contributed by atoms with Gasteiger partial charge in [-0.15, -0.1) is 10.2 Å². The molecule has 7 heteroatoms. The van der Waals surface area contributed by atoms with Crippen LogP contribution in [0.1, 0.15) is 30.7 Å². The molecule has 1 aliphatic rings. The Hall–Kier alpha value is -2.12. The SMILES string of the molecule is CCCSc1nnc2c(n1)OC(c1ccc(Br)cc1)Nc1cc(C)ccc1-2. The summed E-state index contributed by atoms with van der Waals surface area (Å²) in [5.41, 5.74) is 4.75. The van der Waals surface area contributed by atoms with Gasteiger partial charge in [0.25, 0.3) is 0 Å². The number of benzene rings is 2. The van der Waals surface area contributed by atoms with E-state index in [1.165, 1.54) is 0 Å². The predicted octanol–water partition coefficient (Wildman–Crippen LogP) is 5.61. The first kappa shape index (κ1) is 18.3. The Morgan fingerprint density at radius 3 is 2.74 bits per heavy atom. The van der Waals surface area contributed by atoms with Crippen molar-refractivity contribution in [3.8, 4) is 17.1 Å². The number of hydrogen-bond acceptors (Lipinski definition) is 6. The average Bonchev–Trinajstić information content (AvgIpc) is 2.82. The zero-order chi connectivity index (χ0) is 18.8. The van der Waals surface area contributed by atoms with Crippen LogP contribution in [0.4, 0.5) is 5.69 Å². The van der Waals surface area contributed by atoms with Gasteiger partial charge in [-0.05, 0) is 37.1 Å². The molecule has 5 nitrogen and oxygen atoms in total. The lowest BCUT2D eigenvalue weighted by Gasteiger charge is -2.19. The molecule has 0 radical (unpaired) electrons. The number of aromatic nitrogens is 3. The fourth-order valence-corrected chi connectivity index (χ4v) is 3.76. The summed E-state index contributed by atoms with van der Waals surface area (Å²) in [5.74, 6) is 1.46. The van der Waals surface area contributed by atoms with Crippen molar-refractivity contribution in [3.63, 3.8) is 0 Å². The Bertz CT molecular complexity index is 965. The highest BCUT2D eigenvalue weighted by atomic mass is 79.9. The van der Waals surface area contributed by atoms with Gasteiger partial charge in [-0.2, -0.15) is 4.98 Å². The molecule has 0 aliphatic carbocycles. The van der Waals surface area contributed by atoms with Crippen LogP contribution in [0.3, 0.4) is 0 Å². The van der Waals surface area contributed by atoms with Crippen molar-refractivity contribution in [3.05, 3.63) is 58.1 Å². The van der Waals surface area contributed by atoms with Gasteiger partial charge >= 0.3 is 0 Å². The number of ether oxygens (including phenoxy) is 1. The van der Waals surface area contributed by atoms with Crippen LogP contribution >= 0.6 is 27.7 Å². The van der Waals surface area contributed by atoms with Crippen molar-refractivity contribution in [2.24, 2.45) is 0 Å². The van der Waals surface area contributed by atoms with Crippen molar-refractivity contribution in [2.45, 2.75) is 31.7 Å². The molecule has 1 unspecified atom stereocenters. The number of nitrogens with zero attached hydrogens (tertiary/aromatic N) is 3. The van der Waals surface area contributed by atoms with Crippen LogP contribution in [0.15, 0.2) is 52.1 Å². The summed E-state index contributed by atoms with van der Waals surface area (Å²) in [4.78, 5) is 4.64. The molecule has 1 N–H and O–H groups in total. The fraction of sp³-hybridized carbons (Fsp3) is 0.250. The maximum atomic E-state index is 6.27.